The minimum absolute atomic E-state index is 0.0181. The Balaban J connectivity index is 1.29. The highest BCUT2D eigenvalue weighted by atomic mass is 32.1. The first kappa shape index (κ1) is 22.6. The topological polar surface area (TPSA) is 69.3 Å². The van der Waals surface area contributed by atoms with Gasteiger partial charge in [-0.1, -0.05) is 18.2 Å². The maximum Gasteiger partial charge on any atom is 0.234 e. The summed E-state index contributed by atoms with van der Waals surface area (Å²) < 4.78 is 22.8. The third-order valence-corrected chi connectivity index (χ3v) is 7.15. The Labute approximate surface area is 203 Å². The van der Waals surface area contributed by atoms with E-state index in [1.165, 1.54) is 10.4 Å². The van der Waals surface area contributed by atoms with Gasteiger partial charge < -0.3 is 24.3 Å². The van der Waals surface area contributed by atoms with Gasteiger partial charge >= 0.3 is 0 Å². The first-order valence-corrected chi connectivity index (χ1v) is 12.2. The zero-order valence-corrected chi connectivity index (χ0v) is 20.1. The Bertz CT molecular complexity index is 1150. The molecule has 0 spiro atoms. The fraction of sp³-hybridized carbons (Fsp3) is 0.346. The van der Waals surface area contributed by atoms with Crippen molar-refractivity contribution >= 4 is 17.2 Å². The van der Waals surface area contributed by atoms with Crippen LogP contribution < -0.4 is 24.3 Å². The van der Waals surface area contributed by atoms with Crippen molar-refractivity contribution in [1.82, 2.24) is 10.2 Å². The highest BCUT2D eigenvalue weighted by Crippen LogP contribution is 2.42. The molecule has 1 amide bonds. The lowest BCUT2D eigenvalue weighted by molar-refractivity contribution is -0.123. The SMILES string of the molecule is COc1cc2c(cc1OC)C(c1cccs1)N(CC(=O)NCC1COc3ccccc3O1)CC2. The van der Waals surface area contributed by atoms with Crippen LogP contribution in [0.5, 0.6) is 23.0 Å². The lowest BCUT2D eigenvalue weighted by Gasteiger charge is -2.37. The molecule has 1 aromatic heterocycles. The van der Waals surface area contributed by atoms with Gasteiger partial charge in [-0.3, -0.25) is 9.69 Å². The average Bonchev–Trinajstić information content (AvgIpc) is 3.41. The van der Waals surface area contributed by atoms with Gasteiger partial charge in [0.05, 0.1) is 33.4 Å². The quantitative estimate of drug-likeness (QED) is 0.557. The summed E-state index contributed by atoms with van der Waals surface area (Å²) in [7, 11) is 3.30. The molecule has 3 aromatic rings. The number of carbonyl (C=O) groups excluding carboxylic acids is 1. The lowest BCUT2D eigenvalue weighted by atomic mass is 9.91. The van der Waals surface area contributed by atoms with Gasteiger partial charge in [-0.15, -0.1) is 11.3 Å². The Morgan fingerprint density at radius 2 is 1.91 bits per heavy atom. The number of thiophene rings is 1. The summed E-state index contributed by atoms with van der Waals surface area (Å²) in [6.07, 6.45) is 0.618. The fourth-order valence-electron chi connectivity index (χ4n) is 4.58. The molecule has 0 saturated carbocycles. The van der Waals surface area contributed by atoms with Crippen LogP contribution in [-0.2, 0) is 11.2 Å². The molecule has 2 unspecified atom stereocenters. The van der Waals surface area contributed by atoms with Crippen molar-refractivity contribution in [2.24, 2.45) is 0 Å². The van der Waals surface area contributed by atoms with Crippen molar-refractivity contribution in [2.75, 3.05) is 40.5 Å². The fourth-order valence-corrected chi connectivity index (χ4v) is 5.46. The second kappa shape index (κ2) is 9.95. The third kappa shape index (κ3) is 4.56. The van der Waals surface area contributed by atoms with Gasteiger partial charge in [0, 0.05) is 11.4 Å². The van der Waals surface area contributed by atoms with Crippen molar-refractivity contribution < 1.29 is 23.7 Å². The molecule has 0 aliphatic carbocycles. The zero-order chi connectivity index (χ0) is 23.5. The zero-order valence-electron chi connectivity index (χ0n) is 19.3. The Kier molecular flexibility index (Phi) is 6.60. The minimum atomic E-state index is -0.217. The summed E-state index contributed by atoms with van der Waals surface area (Å²) >= 11 is 1.69. The molecule has 1 N–H and O–H groups in total. The molecule has 2 aromatic carbocycles. The summed E-state index contributed by atoms with van der Waals surface area (Å²) in [5.41, 5.74) is 2.37. The summed E-state index contributed by atoms with van der Waals surface area (Å²) in [4.78, 5) is 16.4. The van der Waals surface area contributed by atoms with E-state index < -0.39 is 0 Å². The second-order valence-electron chi connectivity index (χ2n) is 8.35. The van der Waals surface area contributed by atoms with Crippen LogP contribution in [0.3, 0.4) is 0 Å². The largest absolute Gasteiger partial charge is 0.493 e. The summed E-state index contributed by atoms with van der Waals surface area (Å²) in [5, 5.41) is 5.10. The number of methoxy groups -OCH3 is 2. The molecule has 2 aliphatic heterocycles. The number of nitrogens with zero attached hydrogens (tertiary/aromatic N) is 1. The van der Waals surface area contributed by atoms with Gasteiger partial charge in [-0.2, -0.15) is 0 Å². The standard InChI is InChI=1S/C26H28N2O5S/c1-30-22-12-17-9-10-28(26(24-8-5-11-34-24)19(17)13-23(22)31-2)15-25(29)27-14-18-16-32-20-6-3-4-7-21(20)33-18/h3-8,11-13,18,26H,9-10,14-16H2,1-2H3,(H,27,29). The number of benzene rings is 2. The van der Waals surface area contributed by atoms with Gasteiger partial charge in [0.25, 0.3) is 0 Å². The van der Waals surface area contributed by atoms with E-state index in [9.17, 15) is 4.79 Å². The van der Waals surface area contributed by atoms with Crippen LogP contribution in [-0.4, -0.2) is 57.4 Å². The van der Waals surface area contributed by atoms with E-state index in [0.717, 1.165) is 30.0 Å². The Morgan fingerprint density at radius 3 is 2.68 bits per heavy atom. The van der Waals surface area contributed by atoms with E-state index in [2.05, 4.69) is 27.7 Å². The number of ether oxygens (including phenoxy) is 4. The number of nitrogens with one attached hydrogen (secondary N) is 1. The molecule has 5 rings (SSSR count). The average molecular weight is 481 g/mol. The predicted molar refractivity (Wildman–Crippen MR) is 130 cm³/mol. The Hall–Kier alpha value is -3.23. The number of para-hydroxylation sites is 2. The highest BCUT2D eigenvalue weighted by Gasteiger charge is 2.32. The van der Waals surface area contributed by atoms with Gasteiger partial charge in [0.2, 0.25) is 5.91 Å². The molecule has 0 radical (unpaired) electrons. The van der Waals surface area contributed by atoms with Gasteiger partial charge in [-0.25, -0.2) is 0 Å². The first-order valence-electron chi connectivity index (χ1n) is 11.3. The van der Waals surface area contributed by atoms with Gasteiger partial charge in [0.15, 0.2) is 23.0 Å². The summed E-state index contributed by atoms with van der Waals surface area (Å²) in [6.45, 7) is 1.87. The van der Waals surface area contributed by atoms with Crippen LogP contribution in [0.1, 0.15) is 22.0 Å². The summed E-state index contributed by atoms with van der Waals surface area (Å²) in [5.74, 6) is 2.84. The molecule has 2 aliphatic rings. The van der Waals surface area contributed by atoms with Crippen molar-refractivity contribution in [3.8, 4) is 23.0 Å². The summed E-state index contributed by atoms with van der Waals surface area (Å²) in [6, 6.07) is 15.8. The minimum Gasteiger partial charge on any atom is -0.493 e. The van der Waals surface area contributed by atoms with Crippen LogP contribution in [0.15, 0.2) is 53.9 Å². The highest BCUT2D eigenvalue weighted by molar-refractivity contribution is 7.10. The number of fused-ring (bicyclic) bond motifs is 2. The molecular formula is C26H28N2O5S. The van der Waals surface area contributed by atoms with E-state index in [1.807, 2.05) is 36.4 Å². The predicted octanol–water partition coefficient (Wildman–Crippen LogP) is 3.67. The normalized spacial score (nSPS) is 19.2. The van der Waals surface area contributed by atoms with Crippen molar-refractivity contribution in [3.05, 3.63) is 69.9 Å². The molecule has 8 heteroatoms. The van der Waals surface area contributed by atoms with Crippen molar-refractivity contribution in [1.29, 1.82) is 0 Å². The molecular weight excluding hydrogens is 452 g/mol. The van der Waals surface area contributed by atoms with E-state index in [0.29, 0.717) is 31.2 Å². The van der Waals surface area contributed by atoms with Gasteiger partial charge in [-0.05, 0) is 53.3 Å². The van der Waals surface area contributed by atoms with Crippen LogP contribution >= 0.6 is 11.3 Å². The monoisotopic (exact) mass is 480 g/mol. The smallest absolute Gasteiger partial charge is 0.234 e. The molecule has 0 bridgehead atoms. The van der Waals surface area contributed by atoms with E-state index in [1.54, 1.807) is 25.6 Å². The maximum absolute atomic E-state index is 13.0. The molecule has 178 valence electrons. The van der Waals surface area contributed by atoms with E-state index in [4.69, 9.17) is 18.9 Å². The Morgan fingerprint density at radius 1 is 1.12 bits per heavy atom. The van der Waals surface area contributed by atoms with Crippen molar-refractivity contribution in [3.63, 3.8) is 0 Å². The van der Waals surface area contributed by atoms with Gasteiger partial charge in [0.1, 0.15) is 12.7 Å². The van der Waals surface area contributed by atoms with Crippen molar-refractivity contribution in [2.45, 2.75) is 18.6 Å². The molecule has 34 heavy (non-hydrogen) atoms. The maximum atomic E-state index is 13.0. The molecule has 3 heterocycles. The molecule has 0 saturated heterocycles. The molecule has 7 nitrogen and oxygen atoms in total. The van der Waals surface area contributed by atoms with Crippen LogP contribution in [0.4, 0.5) is 0 Å². The number of carbonyl (C=O) groups is 1. The molecule has 0 fully saturated rings. The third-order valence-electron chi connectivity index (χ3n) is 6.23. The number of amides is 1. The van der Waals surface area contributed by atoms with Crippen LogP contribution in [0.25, 0.3) is 0 Å². The van der Waals surface area contributed by atoms with Crippen LogP contribution in [0.2, 0.25) is 0 Å². The number of hydrogen-bond acceptors (Lipinski definition) is 7. The van der Waals surface area contributed by atoms with E-state index >= 15 is 0 Å². The first-order chi connectivity index (χ1) is 16.7. The number of rotatable bonds is 7. The lowest BCUT2D eigenvalue weighted by Crippen LogP contribution is -2.46. The number of hydrogen-bond donors (Lipinski definition) is 1. The van der Waals surface area contributed by atoms with Crippen LogP contribution in [0, 0.1) is 0 Å². The van der Waals surface area contributed by atoms with E-state index in [-0.39, 0.29) is 18.1 Å². The second-order valence-corrected chi connectivity index (χ2v) is 9.33. The molecule has 2 atom stereocenters.